The molecule has 0 saturated heterocycles. The van der Waals surface area contributed by atoms with Crippen LogP contribution in [0.3, 0.4) is 0 Å². The predicted molar refractivity (Wildman–Crippen MR) is 54.4 cm³/mol. The minimum absolute atomic E-state index is 0.236. The van der Waals surface area contributed by atoms with Gasteiger partial charge < -0.3 is 10.8 Å². The molecule has 0 aromatic heterocycles. The van der Waals surface area contributed by atoms with E-state index in [1.54, 1.807) is 19.1 Å². The normalized spacial score (nSPS) is 12.9. The molecule has 2 nitrogen and oxygen atoms in total. The van der Waals surface area contributed by atoms with Gasteiger partial charge >= 0.3 is 0 Å². The molecule has 0 spiro atoms. The molecule has 1 rings (SSSR count). The Hall–Kier alpha value is -0.930. The Morgan fingerprint density at radius 3 is 2.79 bits per heavy atom. The van der Waals surface area contributed by atoms with Crippen molar-refractivity contribution in [3.05, 3.63) is 35.1 Å². The van der Waals surface area contributed by atoms with E-state index in [1.807, 2.05) is 0 Å². The van der Waals surface area contributed by atoms with E-state index in [1.165, 1.54) is 6.07 Å². The first kappa shape index (κ1) is 11.1. The molecule has 0 aliphatic carbocycles. The average molecular weight is 197 g/mol. The second kappa shape index (κ2) is 5.08. The standard InChI is InChI=1S/C11H16FNO/c1-8-7-9(4-5-10(8)12)11(14)3-2-6-13/h4-5,7,11,14H,2-3,6,13H2,1H3/t11-/m1/s1. The zero-order valence-electron chi connectivity index (χ0n) is 8.33. The third-order valence-electron chi connectivity index (χ3n) is 2.25. The van der Waals surface area contributed by atoms with Crippen LogP contribution in [0.1, 0.15) is 30.1 Å². The van der Waals surface area contributed by atoms with Crippen LogP contribution < -0.4 is 5.73 Å². The van der Waals surface area contributed by atoms with E-state index in [2.05, 4.69) is 0 Å². The van der Waals surface area contributed by atoms with Crippen LogP contribution in [0.2, 0.25) is 0 Å². The predicted octanol–water partition coefficient (Wildman–Crippen LogP) is 1.91. The van der Waals surface area contributed by atoms with Crippen LogP contribution in [0, 0.1) is 12.7 Å². The van der Waals surface area contributed by atoms with Crippen molar-refractivity contribution >= 4 is 0 Å². The Labute approximate surface area is 83.6 Å². The number of nitrogens with two attached hydrogens (primary N) is 1. The van der Waals surface area contributed by atoms with E-state index < -0.39 is 6.10 Å². The van der Waals surface area contributed by atoms with Crippen LogP contribution in [0.25, 0.3) is 0 Å². The summed E-state index contributed by atoms with van der Waals surface area (Å²) in [5.74, 6) is -0.236. The molecule has 3 heteroatoms. The van der Waals surface area contributed by atoms with Crippen molar-refractivity contribution in [2.24, 2.45) is 5.73 Å². The number of aryl methyl sites for hydroxylation is 1. The van der Waals surface area contributed by atoms with Crippen LogP contribution in [-0.4, -0.2) is 11.7 Å². The molecule has 0 unspecified atom stereocenters. The summed E-state index contributed by atoms with van der Waals surface area (Å²) >= 11 is 0. The molecule has 0 aliphatic heterocycles. The third kappa shape index (κ3) is 2.79. The van der Waals surface area contributed by atoms with Gasteiger partial charge in [0.1, 0.15) is 5.82 Å². The Morgan fingerprint density at radius 2 is 2.21 bits per heavy atom. The number of rotatable bonds is 4. The van der Waals surface area contributed by atoms with Gasteiger partial charge in [0.25, 0.3) is 0 Å². The molecule has 1 aromatic rings. The quantitative estimate of drug-likeness (QED) is 0.774. The highest BCUT2D eigenvalue weighted by atomic mass is 19.1. The van der Waals surface area contributed by atoms with Crippen LogP contribution in [0.4, 0.5) is 4.39 Å². The van der Waals surface area contributed by atoms with E-state index in [0.717, 1.165) is 12.0 Å². The largest absolute Gasteiger partial charge is 0.388 e. The summed E-state index contributed by atoms with van der Waals surface area (Å²) in [6, 6.07) is 4.68. The lowest BCUT2D eigenvalue weighted by atomic mass is 10.0. The van der Waals surface area contributed by atoms with Gasteiger partial charge in [-0.1, -0.05) is 12.1 Å². The minimum Gasteiger partial charge on any atom is -0.388 e. The lowest BCUT2D eigenvalue weighted by Gasteiger charge is -2.11. The highest BCUT2D eigenvalue weighted by Gasteiger charge is 2.08. The van der Waals surface area contributed by atoms with Crippen molar-refractivity contribution in [2.75, 3.05) is 6.54 Å². The van der Waals surface area contributed by atoms with Crippen molar-refractivity contribution < 1.29 is 9.50 Å². The Bertz CT molecular complexity index is 301. The third-order valence-corrected chi connectivity index (χ3v) is 2.25. The van der Waals surface area contributed by atoms with Gasteiger partial charge in [-0.15, -0.1) is 0 Å². The fourth-order valence-corrected chi connectivity index (χ4v) is 1.35. The fourth-order valence-electron chi connectivity index (χ4n) is 1.35. The van der Waals surface area contributed by atoms with Gasteiger partial charge in [-0.25, -0.2) is 4.39 Å². The number of benzene rings is 1. The van der Waals surface area contributed by atoms with E-state index in [0.29, 0.717) is 18.5 Å². The topological polar surface area (TPSA) is 46.2 Å². The van der Waals surface area contributed by atoms with Gasteiger partial charge in [-0.05, 0) is 43.5 Å². The van der Waals surface area contributed by atoms with E-state index in [9.17, 15) is 9.50 Å². The molecule has 78 valence electrons. The number of halogens is 1. The molecule has 0 amide bonds. The van der Waals surface area contributed by atoms with Crippen LogP contribution >= 0.6 is 0 Å². The van der Waals surface area contributed by atoms with Gasteiger partial charge in [0, 0.05) is 0 Å². The molecule has 3 N–H and O–H groups in total. The number of aliphatic hydroxyl groups excluding tert-OH is 1. The molecule has 14 heavy (non-hydrogen) atoms. The van der Waals surface area contributed by atoms with E-state index >= 15 is 0 Å². The second-order valence-electron chi connectivity index (χ2n) is 3.46. The van der Waals surface area contributed by atoms with Crippen LogP contribution in [0.5, 0.6) is 0 Å². The van der Waals surface area contributed by atoms with Crippen molar-refractivity contribution in [1.29, 1.82) is 0 Å². The molecule has 1 aromatic carbocycles. The summed E-state index contributed by atoms with van der Waals surface area (Å²) < 4.78 is 12.9. The molecule has 0 saturated carbocycles. The van der Waals surface area contributed by atoms with Crippen molar-refractivity contribution in [2.45, 2.75) is 25.9 Å². The molecule has 0 fully saturated rings. The first-order chi connectivity index (χ1) is 6.65. The lowest BCUT2D eigenvalue weighted by Crippen LogP contribution is -2.04. The van der Waals surface area contributed by atoms with Gasteiger partial charge in [-0.3, -0.25) is 0 Å². The fraction of sp³-hybridized carbons (Fsp3) is 0.455. The number of aliphatic hydroxyl groups is 1. The smallest absolute Gasteiger partial charge is 0.126 e. The maximum Gasteiger partial charge on any atom is 0.126 e. The van der Waals surface area contributed by atoms with E-state index in [4.69, 9.17) is 5.73 Å². The molecular weight excluding hydrogens is 181 g/mol. The Balaban J connectivity index is 2.70. The number of hydrogen-bond acceptors (Lipinski definition) is 2. The van der Waals surface area contributed by atoms with Crippen molar-refractivity contribution in [1.82, 2.24) is 0 Å². The van der Waals surface area contributed by atoms with Crippen molar-refractivity contribution in [3.63, 3.8) is 0 Å². The molecule has 1 atom stereocenters. The molecule has 0 heterocycles. The first-order valence-corrected chi connectivity index (χ1v) is 4.79. The van der Waals surface area contributed by atoms with Gasteiger partial charge in [0.15, 0.2) is 0 Å². The highest BCUT2D eigenvalue weighted by Crippen LogP contribution is 2.20. The Morgan fingerprint density at radius 1 is 1.50 bits per heavy atom. The van der Waals surface area contributed by atoms with Gasteiger partial charge in [0.05, 0.1) is 6.10 Å². The summed E-state index contributed by atoms with van der Waals surface area (Å²) in [5.41, 5.74) is 6.66. The zero-order valence-corrected chi connectivity index (χ0v) is 8.33. The SMILES string of the molecule is Cc1cc([C@H](O)CCCN)ccc1F. The first-order valence-electron chi connectivity index (χ1n) is 4.79. The van der Waals surface area contributed by atoms with Crippen LogP contribution in [-0.2, 0) is 0 Å². The van der Waals surface area contributed by atoms with Gasteiger partial charge in [0.2, 0.25) is 0 Å². The van der Waals surface area contributed by atoms with Crippen molar-refractivity contribution in [3.8, 4) is 0 Å². The van der Waals surface area contributed by atoms with Gasteiger partial charge in [-0.2, -0.15) is 0 Å². The average Bonchev–Trinajstić information content (AvgIpc) is 2.18. The summed E-state index contributed by atoms with van der Waals surface area (Å²) in [4.78, 5) is 0. The van der Waals surface area contributed by atoms with E-state index in [-0.39, 0.29) is 5.82 Å². The zero-order chi connectivity index (χ0) is 10.6. The maximum atomic E-state index is 12.9. The monoisotopic (exact) mass is 197 g/mol. The molecule has 0 bridgehead atoms. The summed E-state index contributed by atoms with van der Waals surface area (Å²) in [7, 11) is 0. The molecule has 0 radical (unpaired) electrons. The summed E-state index contributed by atoms with van der Waals surface area (Å²) in [6.45, 7) is 2.26. The lowest BCUT2D eigenvalue weighted by molar-refractivity contribution is 0.165. The molecular formula is C11H16FNO. The molecule has 0 aliphatic rings. The highest BCUT2D eigenvalue weighted by molar-refractivity contribution is 5.25. The minimum atomic E-state index is -0.530. The number of hydrogen-bond donors (Lipinski definition) is 2. The Kier molecular flexibility index (Phi) is 4.04. The summed E-state index contributed by atoms with van der Waals surface area (Å²) in [5, 5.41) is 9.69. The second-order valence-corrected chi connectivity index (χ2v) is 3.46. The summed E-state index contributed by atoms with van der Waals surface area (Å²) in [6.07, 6.45) is 0.872. The van der Waals surface area contributed by atoms with Crippen LogP contribution in [0.15, 0.2) is 18.2 Å². The maximum absolute atomic E-state index is 12.9.